The molecule has 2 rings (SSSR count). The van der Waals surface area contributed by atoms with Crippen LogP contribution in [0, 0.1) is 5.92 Å². The molecular weight excluding hydrogens is 252 g/mol. The number of likely N-dealkylation sites (tertiary alicyclic amines) is 1. The zero-order chi connectivity index (χ0) is 14.9. The van der Waals surface area contributed by atoms with Gasteiger partial charge < -0.3 is 14.9 Å². The Morgan fingerprint density at radius 2 is 2.10 bits per heavy atom. The highest BCUT2D eigenvalue weighted by atomic mass is 16.3. The van der Waals surface area contributed by atoms with Gasteiger partial charge in [0.15, 0.2) is 0 Å². The van der Waals surface area contributed by atoms with Gasteiger partial charge in [0.05, 0.1) is 5.60 Å². The minimum absolute atomic E-state index is 0.0204. The highest BCUT2D eigenvalue weighted by Gasteiger charge is 2.40. The number of hydrogen-bond acceptors (Lipinski definition) is 3. The predicted molar refractivity (Wildman–Crippen MR) is 79.5 cm³/mol. The molecule has 1 amide bonds. The summed E-state index contributed by atoms with van der Waals surface area (Å²) in [5, 5.41) is 10.2. The zero-order valence-corrected chi connectivity index (χ0v) is 12.8. The van der Waals surface area contributed by atoms with E-state index in [1.54, 1.807) is 11.8 Å². The van der Waals surface area contributed by atoms with Gasteiger partial charge >= 0.3 is 0 Å². The highest BCUT2D eigenvalue weighted by Crippen LogP contribution is 2.28. The van der Waals surface area contributed by atoms with Crippen LogP contribution in [-0.2, 0) is 6.54 Å². The fourth-order valence-corrected chi connectivity index (χ4v) is 2.67. The maximum atomic E-state index is 12.7. The average molecular weight is 276 g/mol. The van der Waals surface area contributed by atoms with Gasteiger partial charge in [0.2, 0.25) is 0 Å². The summed E-state index contributed by atoms with van der Waals surface area (Å²) in [4.78, 5) is 16.5. The van der Waals surface area contributed by atoms with Crippen molar-refractivity contribution in [2.45, 2.75) is 26.0 Å². The van der Waals surface area contributed by atoms with Crippen molar-refractivity contribution in [3.05, 3.63) is 35.4 Å². The Labute approximate surface area is 121 Å². The van der Waals surface area contributed by atoms with E-state index >= 15 is 0 Å². The predicted octanol–water partition coefficient (Wildman–Crippen LogP) is 1.59. The zero-order valence-electron chi connectivity index (χ0n) is 12.8. The number of β-amino-alcohol motifs (C(OH)–C–C–N with tert-alkyl or cyclic N) is 1. The van der Waals surface area contributed by atoms with E-state index < -0.39 is 5.60 Å². The summed E-state index contributed by atoms with van der Waals surface area (Å²) in [6, 6.07) is 7.71. The summed E-state index contributed by atoms with van der Waals surface area (Å²) >= 11 is 0. The van der Waals surface area contributed by atoms with Crippen LogP contribution < -0.4 is 0 Å². The number of nitrogens with zero attached hydrogens (tertiary/aromatic N) is 2. The Balaban J connectivity index is 2.22. The molecule has 1 heterocycles. The molecular formula is C16H24N2O2. The Morgan fingerprint density at radius 3 is 2.65 bits per heavy atom. The van der Waals surface area contributed by atoms with Crippen LogP contribution in [0.15, 0.2) is 24.3 Å². The standard InChI is InChI=1S/C16H24N2O2/c1-12-9-18(11-16(12,2)20)15(19)14-8-6-5-7-13(14)10-17(3)4/h5-8,12,20H,9-11H2,1-4H3/t12-,16+/m0/s1. The quantitative estimate of drug-likeness (QED) is 0.912. The topological polar surface area (TPSA) is 43.8 Å². The summed E-state index contributed by atoms with van der Waals surface area (Å²) in [6.45, 7) is 5.54. The Kier molecular flexibility index (Phi) is 4.16. The molecule has 0 radical (unpaired) electrons. The van der Waals surface area contributed by atoms with Crippen LogP contribution in [-0.4, -0.2) is 53.6 Å². The van der Waals surface area contributed by atoms with E-state index in [4.69, 9.17) is 0 Å². The van der Waals surface area contributed by atoms with E-state index in [1.807, 2.05) is 45.3 Å². The maximum absolute atomic E-state index is 12.7. The molecule has 0 unspecified atom stereocenters. The third kappa shape index (κ3) is 3.02. The molecule has 0 spiro atoms. The molecule has 4 heteroatoms. The van der Waals surface area contributed by atoms with E-state index in [0.29, 0.717) is 13.1 Å². The van der Waals surface area contributed by atoms with Gasteiger partial charge in [-0.1, -0.05) is 25.1 Å². The molecule has 1 aromatic carbocycles. The molecule has 1 aliphatic heterocycles. The minimum atomic E-state index is -0.786. The molecule has 1 saturated heterocycles. The summed E-state index contributed by atoms with van der Waals surface area (Å²) in [7, 11) is 3.98. The number of carbonyl (C=O) groups excluding carboxylic acids is 1. The van der Waals surface area contributed by atoms with Gasteiger partial charge in [0, 0.05) is 31.1 Å². The van der Waals surface area contributed by atoms with Gasteiger partial charge in [-0.3, -0.25) is 4.79 Å². The van der Waals surface area contributed by atoms with Crippen LogP contribution in [0.5, 0.6) is 0 Å². The van der Waals surface area contributed by atoms with Crippen LogP contribution in [0.1, 0.15) is 29.8 Å². The van der Waals surface area contributed by atoms with Crippen LogP contribution in [0.25, 0.3) is 0 Å². The largest absolute Gasteiger partial charge is 0.388 e. The van der Waals surface area contributed by atoms with E-state index in [9.17, 15) is 9.90 Å². The molecule has 1 N–H and O–H groups in total. The molecule has 1 aliphatic rings. The number of hydrogen-bond donors (Lipinski definition) is 1. The van der Waals surface area contributed by atoms with Crippen molar-refractivity contribution in [1.29, 1.82) is 0 Å². The van der Waals surface area contributed by atoms with E-state index in [-0.39, 0.29) is 11.8 Å². The molecule has 0 bridgehead atoms. The van der Waals surface area contributed by atoms with Crippen molar-refractivity contribution in [3.63, 3.8) is 0 Å². The first-order valence-corrected chi connectivity index (χ1v) is 7.05. The monoisotopic (exact) mass is 276 g/mol. The molecule has 2 atom stereocenters. The number of rotatable bonds is 3. The molecule has 0 aliphatic carbocycles. The average Bonchev–Trinajstić information content (AvgIpc) is 2.63. The highest BCUT2D eigenvalue weighted by molar-refractivity contribution is 5.96. The third-order valence-corrected chi connectivity index (χ3v) is 4.09. The van der Waals surface area contributed by atoms with Crippen LogP contribution >= 0.6 is 0 Å². The summed E-state index contributed by atoms with van der Waals surface area (Å²) in [5.74, 6) is 0.125. The molecule has 1 aromatic rings. The third-order valence-electron chi connectivity index (χ3n) is 4.09. The number of amides is 1. The minimum Gasteiger partial charge on any atom is -0.388 e. The Bertz CT molecular complexity index is 497. The summed E-state index contributed by atoms with van der Waals surface area (Å²) < 4.78 is 0. The molecule has 1 fully saturated rings. The van der Waals surface area contributed by atoms with Crippen LogP contribution in [0.3, 0.4) is 0 Å². The van der Waals surface area contributed by atoms with Gasteiger partial charge in [-0.25, -0.2) is 0 Å². The fraction of sp³-hybridized carbons (Fsp3) is 0.562. The first kappa shape index (κ1) is 15.0. The Morgan fingerprint density at radius 1 is 1.45 bits per heavy atom. The summed E-state index contributed by atoms with van der Waals surface area (Å²) in [5.41, 5.74) is 0.986. The van der Waals surface area contributed by atoms with E-state index in [2.05, 4.69) is 4.90 Å². The Hall–Kier alpha value is -1.39. The van der Waals surface area contributed by atoms with Gasteiger partial charge in [0.25, 0.3) is 5.91 Å². The SMILES string of the molecule is C[C@H]1CN(C(=O)c2ccccc2CN(C)C)C[C@@]1(C)O. The smallest absolute Gasteiger partial charge is 0.254 e. The normalized spacial score (nSPS) is 26.3. The number of aliphatic hydroxyl groups is 1. The molecule has 0 aromatic heterocycles. The first-order chi connectivity index (χ1) is 9.31. The molecule has 4 nitrogen and oxygen atoms in total. The van der Waals surface area contributed by atoms with Crippen molar-refractivity contribution in [1.82, 2.24) is 9.80 Å². The number of benzene rings is 1. The van der Waals surface area contributed by atoms with E-state index in [0.717, 1.165) is 17.7 Å². The summed E-state index contributed by atoms with van der Waals surface area (Å²) in [6.07, 6.45) is 0. The molecule has 110 valence electrons. The fourth-order valence-electron chi connectivity index (χ4n) is 2.67. The second kappa shape index (κ2) is 5.54. The lowest BCUT2D eigenvalue weighted by Gasteiger charge is -2.22. The van der Waals surface area contributed by atoms with Crippen molar-refractivity contribution in [2.24, 2.45) is 5.92 Å². The van der Waals surface area contributed by atoms with E-state index in [1.165, 1.54) is 0 Å². The van der Waals surface area contributed by atoms with Crippen molar-refractivity contribution in [3.8, 4) is 0 Å². The van der Waals surface area contributed by atoms with Crippen LogP contribution in [0.4, 0.5) is 0 Å². The van der Waals surface area contributed by atoms with Gasteiger partial charge in [-0.05, 0) is 32.6 Å². The second-order valence-electron chi connectivity index (χ2n) is 6.34. The lowest BCUT2D eigenvalue weighted by atomic mass is 9.95. The first-order valence-electron chi connectivity index (χ1n) is 7.05. The second-order valence-corrected chi connectivity index (χ2v) is 6.34. The van der Waals surface area contributed by atoms with Crippen LogP contribution in [0.2, 0.25) is 0 Å². The molecule has 20 heavy (non-hydrogen) atoms. The van der Waals surface area contributed by atoms with Gasteiger partial charge in [-0.15, -0.1) is 0 Å². The van der Waals surface area contributed by atoms with Crippen molar-refractivity contribution >= 4 is 5.91 Å². The van der Waals surface area contributed by atoms with Crippen molar-refractivity contribution in [2.75, 3.05) is 27.2 Å². The maximum Gasteiger partial charge on any atom is 0.254 e. The number of carbonyl (C=O) groups is 1. The van der Waals surface area contributed by atoms with Gasteiger partial charge in [-0.2, -0.15) is 0 Å². The lowest BCUT2D eigenvalue weighted by Crippen LogP contribution is -2.35. The van der Waals surface area contributed by atoms with Gasteiger partial charge in [0.1, 0.15) is 0 Å². The van der Waals surface area contributed by atoms with Crippen molar-refractivity contribution < 1.29 is 9.90 Å². The molecule has 0 saturated carbocycles. The lowest BCUT2D eigenvalue weighted by molar-refractivity contribution is 0.0351.